The van der Waals surface area contributed by atoms with Crippen LogP contribution in [0.3, 0.4) is 0 Å². The van der Waals surface area contributed by atoms with Crippen LogP contribution >= 0.6 is 11.6 Å². The van der Waals surface area contributed by atoms with Crippen LogP contribution in [-0.2, 0) is 12.7 Å². The van der Waals surface area contributed by atoms with E-state index < -0.39 is 11.7 Å². The molecule has 2 rings (SSSR count). The monoisotopic (exact) mass is 347 g/mol. The summed E-state index contributed by atoms with van der Waals surface area (Å²) in [4.78, 5) is 0. The van der Waals surface area contributed by atoms with Crippen molar-refractivity contribution in [1.82, 2.24) is 15.1 Å². The topological polar surface area (TPSA) is 50.1 Å². The van der Waals surface area contributed by atoms with E-state index in [2.05, 4.69) is 10.4 Å². The van der Waals surface area contributed by atoms with Crippen LogP contribution in [0.25, 0.3) is 5.69 Å². The molecule has 2 N–H and O–H groups in total. The maximum Gasteiger partial charge on any atom is 0.416 e. The smallest absolute Gasteiger partial charge is 0.396 e. The number of benzene rings is 1. The number of hydrogen-bond acceptors (Lipinski definition) is 3. The lowest BCUT2D eigenvalue weighted by molar-refractivity contribution is -0.137. The van der Waals surface area contributed by atoms with Crippen LogP contribution in [0.4, 0.5) is 13.2 Å². The van der Waals surface area contributed by atoms with Gasteiger partial charge in [0.2, 0.25) is 0 Å². The van der Waals surface area contributed by atoms with Gasteiger partial charge in [0.05, 0.1) is 16.9 Å². The number of nitrogens with zero attached hydrogens (tertiary/aromatic N) is 2. The van der Waals surface area contributed by atoms with Gasteiger partial charge in [-0.3, -0.25) is 0 Å². The fraction of sp³-hybridized carbons (Fsp3) is 0.400. The van der Waals surface area contributed by atoms with E-state index in [4.69, 9.17) is 16.7 Å². The molecule has 2 aromatic rings. The molecule has 0 aliphatic carbocycles. The number of halogens is 4. The Morgan fingerprint density at radius 3 is 2.74 bits per heavy atom. The Labute approximate surface area is 136 Å². The van der Waals surface area contributed by atoms with Crippen LogP contribution in [-0.4, -0.2) is 28.0 Å². The third-order valence-electron chi connectivity index (χ3n) is 3.35. The zero-order valence-corrected chi connectivity index (χ0v) is 13.2. The highest BCUT2D eigenvalue weighted by atomic mass is 35.5. The highest BCUT2D eigenvalue weighted by Gasteiger charge is 2.30. The minimum atomic E-state index is -4.42. The van der Waals surface area contributed by atoms with Crippen molar-refractivity contribution in [3.05, 3.63) is 46.2 Å². The van der Waals surface area contributed by atoms with Gasteiger partial charge in [0.1, 0.15) is 5.15 Å². The molecular formula is C15H17ClF3N3O. The maximum atomic E-state index is 12.8. The van der Waals surface area contributed by atoms with Crippen LogP contribution in [0.5, 0.6) is 0 Å². The predicted molar refractivity (Wildman–Crippen MR) is 81.7 cm³/mol. The first-order valence-electron chi connectivity index (χ1n) is 7.08. The zero-order chi connectivity index (χ0) is 17.0. The van der Waals surface area contributed by atoms with Crippen molar-refractivity contribution in [1.29, 1.82) is 0 Å². The Kier molecular flexibility index (Phi) is 5.67. The van der Waals surface area contributed by atoms with E-state index in [0.717, 1.165) is 17.7 Å². The summed E-state index contributed by atoms with van der Waals surface area (Å²) < 4.78 is 39.7. The number of aliphatic hydroxyl groups excluding tert-OH is 1. The molecule has 1 aromatic carbocycles. The lowest BCUT2D eigenvalue weighted by Gasteiger charge is -2.09. The summed E-state index contributed by atoms with van der Waals surface area (Å²) in [6.45, 7) is 2.88. The molecule has 0 unspecified atom stereocenters. The molecule has 126 valence electrons. The molecule has 0 radical (unpaired) electrons. The second-order valence-corrected chi connectivity index (χ2v) is 5.43. The van der Waals surface area contributed by atoms with Crippen molar-refractivity contribution in [2.24, 2.45) is 0 Å². The molecule has 0 amide bonds. The molecule has 0 bridgehead atoms. The molecule has 0 aliphatic rings. The van der Waals surface area contributed by atoms with Gasteiger partial charge in [0, 0.05) is 18.7 Å². The average Bonchev–Trinajstić information content (AvgIpc) is 2.78. The largest absolute Gasteiger partial charge is 0.416 e. The van der Waals surface area contributed by atoms with Gasteiger partial charge >= 0.3 is 6.18 Å². The molecule has 0 atom stereocenters. The van der Waals surface area contributed by atoms with E-state index in [9.17, 15) is 13.2 Å². The Hall–Kier alpha value is -1.57. The quantitative estimate of drug-likeness (QED) is 0.788. The fourth-order valence-electron chi connectivity index (χ4n) is 2.13. The summed E-state index contributed by atoms with van der Waals surface area (Å²) in [5.41, 5.74) is 0.877. The Morgan fingerprint density at radius 2 is 2.09 bits per heavy atom. The van der Waals surface area contributed by atoms with E-state index in [1.54, 1.807) is 6.92 Å². The predicted octanol–water partition coefficient (Wildman–Crippen LogP) is 3.32. The summed E-state index contributed by atoms with van der Waals surface area (Å²) in [7, 11) is 0. The first kappa shape index (κ1) is 17.8. The van der Waals surface area contributed by atoms with E-state index in [0.29, 0.717) is 25.2 Å². The number of aromatic nitrogens is 2. The Balaban J connectivity index is 2.27. The first-order valence-corrected chi connectivity index (χ1v) is 7.45. The van der Waals surface area contributed by atoms with Crippen LogP contribution in [0, 0.1) is 6.92 Å². The zero-order valence-electron chi connectivity index (χ0n) is 12.5. The molecule has 8 heteroatoms. The lowest BCUT2D eigenvalue weighted by atomic mass is 10.2. The number of rotatable bonds is 6. The van der Waals surface area contributed by atoms with E-state index in [1.165, 1.54) is 16.8 Å². The number of nitrogens with one attached hydrogen (secondary N) is 1. The van der Waals surface area contributed by atoms with Crippen molar-refractivity contribution in [3.8, 4) is 5.69 Å². The number of hydrogen-bond donors (Lipinski definition) is 2. The van der Waals surface area contributed by atoms with Crippen molar-refractivity contribution in [2.75, 3.05) is 13.2 Å². The molecule has 4 nitrogen and oxygen atoms in total. The van der Waals surface area contributed by atoms with Gasteiger partial charge in [-0.2, -0.15) is 18.3 Å². The third kappa shape index (κ3) is 4.25. The minimum Gasteiger partial charge on any atom is -0.396 e. The van der Waals surface area contributed by atoms with Gasteiger partial charge in [-0.15, -0.1) is 0 Å². The van der Waals surface area contributed by atoms with Gasteiger partial charge in [0.15, 0.2) is 0 Å². The van der Waals surface area contributed by atoms with Gasteiger partial charge in [-0.1, -0.05) is 17.7 Å². The van der Waals surface area contributed by atoms with Crippen molar-refractivity contribution in [2.45, 2.75) is 26.1 Å². The van der Waals surface area contributed by atoms with E-state index in [1.807, 2.05) is 0 Å². The third-order valence-corrected chi connectivity index (χ3v) is 3.74. The summed E-state index contributed by atoms with van der Waals surface area (Å²) in [6, 6.07) is 4.87. The molecule has 0 saturated heterocycles. The highest BCUT2D eigenvalue weighted by Crippen LogP contribution is 2.31. The molecule has 1 aromatic heterocycles. The molecule has 0 spiro atoms. The molecule has 23 heavy (non-hydrogen) atoms. The summed E-state index contributed by atoms with van der Waals surface area (Å²) >= 11 is 6.27. The standard InChI is InChI=1S/C15H17ClF3N3O/c1-10-13(9-20-6-3-7-23)14(16)22(21-10)12-5-2-4-11(8-12)15(17,18)19/h2,4-5,8,20,23H,3,6-7,9H2,1H3. The van der Waals surface area contributed by atoms with Gasteiger partial charge < -0.3 is 10.4 Å². The lowest BCUT2D eigenvalue weighted by Crippen LogP contribution is -2.16. The second-order valence-electron chi connectivity index (χ2n) is 5.07. The van der Waals surface area contributed by atoms with Crippen LogP contribution in [0.15, 0.2) is 24.3 Å². The summed E-state index contributed by atoms with van der Waals surface area (Å²) in [6.07, 6.45) is -3.81. The minimum absolute atomic E-state index is 0.0865. The average molecular weight is 348 g/mol. The van der Waals surface area contributed by atoms with Crippen LogP contribution in [0.1, 0.15) is 23.2 Å². The second kappa shape index (κ2) is 7.33. The molecule has 0 aliphatic heterocycles. The molecule has 1 heterocycles. The SMILES string of the molecule is Cc1nn(-c2cccc(C(F)(F)F)c2)c(Cl)c1CNCCCO. The van der Waals surface area contributed by atoms with Gasteiger partial charge in [-0.25, -0.2) is 4.68 Å². The molecule has 0 fully saturated rings. The number of alkyl halides is 3. The number of aliphatic hydroxyl groups is 1. The van der Waals surface area contributed by atoms with Gasteiger partial charge in [-0.05, 0) is 38.1 Å². The summed E-state index contributed by atoms with van der Waals surface area (Å²) in [5.74, 6) is 0. The number of aryl methyl sites for hydroxylation is 1. The van der Waals surface area contributed by atoms with E-state index in [-0.39, 0.29) is 17.4 Å². The Morgan fingerprint density at radius 1 is 1.35 bits per heavy atom. The normalized spacial score (nSPS) is 11.9. The van der Waals surface area contributed by atoms with Crippen molar-refractivity contribution in [3.63, 3.8) is 0 Å². The highest BCUT2D eigenvalue weighted by molar-refractivity contribution is 6.30. The molecule has 0 saturated carbocycles. The Bertz CT molecular complexity index is 670. The maximum absolute atomic E-state index is 12.8. The fourth-order valence-corrected chi connectivity index (χ4v) is 2.47. The van der Waals surface area contributed by atoms with Crippen molar-refractivity contribution >= 4 is 11.6 Å². The van der Waals surface area contributed by atoms with E-state index >= 15 is 0 Å². The van der Waals surface area contributed by atoms with Crippen LogP contribution in [0.2, 0.25) is 5.15 Å². The first-order chi connectivity index (χ1) is 10.8. The van der Waals surface area contributed by atoms with Crippen LogP contribution < -0.4 is 5.32 Å². The summed E-state index contributed by atoms with van der Waals surface area (Å²) in [5, 5.41) is 16.4. The molecular weight excluding hydrogens is 331 g/mol. The van der Waals surface area contributed by atoms with Crippen molar-refractivity contribution < 1.29 is 18.3 Å². The van der Waals surface area contributed by atoms with Gasteiger partial charge in [0.25, 0.3) is 0 Å².